The Morgan fingerprint density at radius 2 is 1.91 bits per heavy atom. The third-order valence-corrected chi connectivity index (χ3v) is 6.32. The van der Waals surface area contributed by atoms with Crippen LogP contribution in [0.3, 0.4) is 0 Å². The van der Waals surface area contributed by atoms with E-state index in [2.05, 4.69) is 32.4 Å². The van der Waals surface area contributed by atoms with Crippen LogP contribution >= 0.6 is 11.3 Å². The van der Waals surface area contributed by atoms with E-state index in [9.17, 15) is 0 Å². The highest BCUT2D eigenvalue weighted by atomic mass is 32.1. The normalized spacial score (nSPS) is 14.8. The molecular formula is C26H21N5O2S. The minimum atomic E-state index is 0.148. The molecule has 2 aromatic carbocycles. The number of imidazole rings is 1. The number of H-pyrrole nitrogens is 1. The fourth-order valence-electron chi connectivity index (χ4n) is 3.99. The molecule has 1 unspecified atom stereocenters. The lowest BCUT2D eigenvalue weighted by molar-refractivity contribution is 0.257. The maximum atomic E-state index is 6.13. The standard InChI is InChI=1S/C26H21N5O2S/c1-2-4-17(5-3-1)22-15-29-25(30-22)19-12-18-13-20(6-7-23(18)32-16-19)33-21-8-9-27-24(14-21)31-26-28-10-11-34-26/h1-11,13-15,19H,12,16H2,(H,29,30)(H,27,28,31). The van der Waals surface area contributed by atoms with Gasteiger partial charge in [0.1, 0.15) is 28.9 Å². The van der Waals surface area contributed by atoms with E-state index in [0.29, 0.717) is 18.2 Å². The van der Waals surface area contributed by atoms with Gasteiger partial charge in [-0.05, 0) is 36.2 Å². The molecule has 0 bridgehead atoms. The number of fused-ring (bicyclic) bond motifs is 1. The smallest absolute Gasteiger partial charge is 0.188 e. The summed E-state index contributed by atoms with van der Waals surface area (Å²) in [6, 6.07) is 19.8. The van der Waals surface area contributed by atoms with Crippen molar-refractivity contribution < 1.29 is 9.47 Å². The number of benzene rings is 2. The van der Waals surface area contributed by atoms with Crippen molar-refractivity contribution >= 4 is 22.3 Å². The van der Waals surface area contributed by atoms with E-state index < -0.39 is 0 Å². The van der Waals surface area contributed by atoms with Crippen molar-refractivity contribution in [3.63, 3.8) is 0 Å². The number of rotatable bonds is 6. The largest absolute Gasteiger partial charge is 0.493 e. The zero-order valence-electron chi connectivity index (χ0n) is 18.1. The predicted octanol–water partition coefficient (Wildman–Crippen LogP) is 6.18. The van der Waals surface area contributed by atoms with Crippen molar-refractivity contribution in [1.29, 1.82) is 0 Å². The molecule has 1 aliphatic rings. The number of aromatic amines is 1. The molecule has 6 rings (SSSR count). The molecule has 4 heterocycles. The summed E-state index contributed by atoms with van der Waals surface area (Å²) in [6.45, 7) is 0.588. The minimum absolute atomic E-state index is 0.148. The summed E-state index contributed by atoms with van der Waals surface area (Å²) in [7, 11) is 0. The van der Waals surface area contributed by atoms with Crippen LogP contribution < -0.4 is 14.8 Å². The average Bonchev–Trinajstić information content (AvgIpc) is 3.57. The fraction of sp³-hybridized carbons (Fsp3) is 0.115. The second-order valence-electron chi connectivity index (χ2n) is 7.96. The highest BCUT2D eigenvalue weighted by molar-refractivity contribution is 7.13. The highest BCUT2D eigenvalue weighted by Gasteiger charge is 2.24. The number of thiazole rings is 1. The average molecular weight is 468 g/mol. The molecule has 0 radical (unpaired) electrons. The van der Waals surface area contributed by atoms with Crippen molar-refractivity contribution in [2.24, 2.45) is 0 Å². The first-order valence-corrected chi connectivity index (χ1v) is 11.8. The van der Waals surface area contributed by atoms with Gasteiger partial charge >= 0.3 is 0 Å². The second-order valence-corrected chi connectivity index (χ2v) is 8.85. The fourth-order valence-corrected chi connectivity index (χ4v) is 4.52. The van der Waals surface area contributed by atoms with Gasteiger partial charge in [0.25, 0.3) is 0 Å². The first kappa shape index (κ1) is 20.4. The second kappa shape index (κ2) is 8.99. The Morgan fingerprint density at radius 1 is 1.00 bits per heavy atom. The lowest BCUT2D eigenvalue weighted by Gasteiger charge is -2.24. The van der Waals surface area contributed by atoms with Crippen molar-refractivity contribution in [2.75, 3.05) is 11.9 Å². The van der Waals surface area contributed by atoms with Crippen LogP contribution in [0.5, 0.6) is 17.2 Å². The molecule has 7 nitrogen and oxygen atoms in total. The van der Waals surface area contributed by atoms with Crippen molar-refractivity contribution in [3.05, 3.63) is 96.0 Å². The summed E-state index contributed by atoms with van der Waals surface area (Å²) >= 11 is 1.52. The first-order valence-electron chi connectivity index (χ1n) is 11.0. The summed E-state index contributed by atoms with van der Waals surface area (Å²) < 4.78 is 12.2. The lowest BCUT2D eigenvalue weighted by atomic mass is 9.96. The van der Waals surface area contributed by atoms with Gasteiger partial charge in [-0.2, -0.15) is 0 Å². The predicted molar refractivity (Wildman–Crippen MR) is 132 cm³/mol. The van der Waals surface area contributed by atoms with Gasteiger partial charge in [0.05, 0.1) is 18.2 Å². The molecule has 5 aromatic rings. The maximum absolute atomic E-state index is 6.13. The van der Waals surface area contributed by atoms with Crippen LogP contribution in [0.1, 0.15) is 17.3 Å². The van der Waals surface area contributed by atoms with E-state index in [1.807, 2.05) is 60.1 Å². The van der Waals surface area contributed by atoms with Gasteiger partial charge in [0.15, 0.2) is 5.13 Å². The quantitative estimate of drug-likeness (QED) is 0.310. The molecule has 2 N–H and O–H groups in total. The monoisotopic (exact) mass is 467 g/mol. The highest BCUT2D eigenvalue weighted by Crippen LogP contribution is 2.36. The van der Waals surface area contributed by atoms with E-state index in [-0.39, 0.29) is 5.92 Å². The molecule has 0 spiro atoms. The van der Waals surface area contributed by atoms with Gasteiger partial charge in [-0.1, -0.05) is 30.3 Å². The van der Waals surface area contributed by atoms with Crippen LogP contribution in [0.15, 0.2) is 84.6 Å². The van der Waals surface area contributed by atoms with E-state index >= 15 is 0 Å². The Bertz CT molecular complexity index is 1400. The SMILES string of the molecule is c1ccc(-c2c[nH]c(C3COc4ccc(Oc5ccnc(Nc6nccs6)c5)cc4C3)n2)cc1. The minimum Gasteiger partial charge on any atom is -0.493 e. The molecule has 1 atom stereocenters. The molecule has 34 heavy (non-hydrogen) atoms. The van der Waals surface area contributed by atoms with Gasteiger partial charge < -0.3 is 19.8 Å². The molecule has 8 heteroatoms. The zero-order chi connectivity index (χ0) is 22.7. The van der Waals surface area contributed by atoms with Crippen LogP contribution in [-0.2, 0) is 6.42 Å². The van der Waals surface area contributed by atoms with Crippen LogP contribution in [0.25, 0.3) is 11.3 Å². The molecule has 1 aliphatic heterocycles. The lowest BCUT2D eigenvalue weighted by Crippen LogP contribution is -2.20. The summed E-state index contributed by atoms with van der Waals surface area (Å²) in [4.78, 5) is 16.7. The molecule has 3 aromatic heterocycles. The van der Waals surface area contributed by atoms with Crippen molar-refractivity contribution in [3.8, 4) is 28.5 Å². The molecular weight excluding hydrogens is 446 g/mol. The third-order valence-electron chi connectivity index (χ3n) is 5.63. The summed E-state index contributed by atoms with van der Waals surface area (Å²) in [5.74, 6) is 4.10. The topological polar surface area (TPSA) is 85.0 Å². The number of aromatic nitrogens is 4. The summed E-state index contributed by atoms with van der Waals surface area (Å²) in [5, 5.41) is 5.88. The number of hydrogen-bond acceptors (Lipinski definition) is 7. The van der Waals surface area contributed by atoms with Gasteiger partial charge in [0.2, 0.25) is 0 Å². The third kappa shape index (κ3) is 4.35. The van der Waals surface area contributed by atoms with Crippen LogP contribution in [-0.4, -0.2) is 26.5 Å². The van der Waals surface area contributed by atoms with E-state index in [4.69, 9.17) is 14.5 Å². The van der Waals surface area contributed by atoms with Gasteiger partial charge in [-0.15, -0.1) is 11.3 Å². The van der Waals surface area contributed by atoms with Crippen molar-refractivity contribution in [1.82, 2.24) is 19.9 Å². The Hall–Kier alpha value is -4.17. The van der Waals surface area contributed by atoms with Gasteiger partial charge in [-0.3, -0.25) is 0 Å². The number of ether oxygens (including phenoxy) is 2. The molecule has 0 saturated heterocycles. The van der Waals surface area contributed by atoms with Crippen LogP contribution in [0.2, 0.25) is 0 Å². The Kier molecular flexibility index (Phi) is 5.41. The van der Waals surface area contributed by atoms with E-state index in [1.54, 1.807) is 12.4 Å². The van der Waals surface area contributed by atoms with Gasteiger partial charge in [-0.25, -0.2) is 15.0 Å². The maximum Gasteiger partial charge on any atom is 0.188 e. The number of nitrogens with one attached hydrogen (secondary N) is 2. The zero-order valence-corrected chi connectivity index (χ0v) is 19.0. The first-order chi connectivity index (χ1) is 16.8. The number of nitrogens with zero attached hydrogens (tertiary/aromatic N) is 3. The Balaban J connectivity index is 1.18. The van der Waals surface area contributed by atoms with Crippen LogP contribution in [0.4, 0.5) is 10.9 Å². The molecule has 0 saturated carbocycles. The van der Waals surface area contributed by atoms with E-state index in [0.717, 1.165) is 45.7 Å². The number of hydrogen-bond donors (Lipinski definition) is 2. The van der Waals surface area contributed by atoms with E-state index in [1.165, 1.54) is 11.3 Å². The molecule has 0 aliphatic carbocycles. The molecule has 0 fully saturated rings. The van der Waals surface area contributed by atoms with Crippen molar-refractivity contribution in [2.45, 2.75) is 12.3 Å². The van der Waals surface area contributed by atoms with Gasteiger partial charge in [0, 0.05) is 35.6 Å². The number of pyridine rings is 1. The Morgan fingerprint density at radius 3 is 2.79 bits per heavy atom. The summed E-state index contributed by atoms with van der Waals surface area (Å²) in [6.07, 6.45) is 6.24. The molecule has 168 valence electrons. The van der Waals surface area contributed by atoms with Crippen LogP contribution in [0, 0.1) is 0 Å². The Labute approximate surface area is 200 Å². The molecule has 0 amide bonds. The summed E-state index contributed by atoms with van der Waals surface area (Å²) in [5.41, 5.74) is 3.14. The number of anilines is 2.